The van der Waals surface area contributed by atoms with Gasteiger partial charge in [-0.1, -0.05) is 98.4 Å². The molecular formula is C60H71Br3ClN13O8. The maximum atomic E-state index is 12.1. The van der Waals surface area contributed by atoms with Crippen molar-refractivity contribution in [2.24, 2.45) is 5.92 Å². The fourth-order valence-electron chi connectivity index (χ4n) is 8.07. The molecule has 0 radical (unpaired) electrons. The van der Waals surface area contributed by atoms with Crippen LogP contribution in [0.5, 0.6) is 0 Å². The number of anilines is 5. The fourth-order valence-corrected chi connectivity index (χ4v) is 9.08. The van der Waals surface area contributed by atoms with Crippen molar-refractivity contribution in [1.29, 1.82) is 0 Å². The highest BCUT2D eigenvalue weighted by molar-refractivity contribution is 9.11. The smallest absolute Gasteiger partial charge is 0.414 e. The number of fused-ring (bicyclic) bond motifs is 2. The lowest BCUT2D eigenvalue weighted by Crippen LogP contribution is -2.34. The maximum absolute atomic E-state index is 12.1. The summed E-state index contributed by atoms with van der Waals surface area (Å²) in [7, 11) is 0. The number of nitrogens with one attached hydrogen (secondary N) is 3. The highest BCUT2D eigenvalue weighted by Crippen LogP contribution is 2.28. The Morgan fingerprint density at radius 1 is 0.729 bits per heavy atom. The second kappa shape index (κ2) is 35.2. The van der Waals surface area contributed by atoms with E-state index >= 15 is 0 Å². The second-order valence-electron chi connectivity index (χ2n) is 19.7. The largest absolute Gasteiger partial charge is 0.444 e. The molecule has 25 heteroatoms. The van der Waals surface area contributed by atoms with Gasteiger partial charge in [-0.25, -0.2) is 33.7 Å². The number of hydrogen-bond acceptors (Lipinski definition) is 15. The molecule has 4 aliphatic rings. The van der Waals surface area contributed by atoms with Crippen molar-refractivity contribution in [2.75, 3.05) is 64.4 Å². The molecule has 2 saturated heterocycles. The van der Waals surface area contributed by atoms with E-state index in [9.17, 15) is 24.0 Å². The number of ketones is 1. The SMILES string of the molecule is CC(=O)CC[C@H]1CN(c2ccc(N3CCn4ncnc4C3)cc2)C(=O)O1.CC(=O)NC[C@H]1CN(c2ccc(Br)cc2)C(=O)O1.CC[C@H](C)CCl.Nc1ccc(Br)cc1.O=C(Nc1ccc(Br)cc1)OCc1ccccc1.c1nc2n(n1)CCNC2. The van der Waals surface area contributed by atoms with Gasteiger partial charge in [0.15, 0.2) is 0 Å². The average molecular weight is 1380 g/mol. The number of cyclic esters (lactones) is 2. The molecular weight excluding hydrogens is 1310 g/mol. The first kappa shape index (κ1) is 66.8. The van der Waals surface area contributed by atoms with Gasteiger partial charge >= 0.3 is 18.3 Å². The second-order valence-corrected chi connectivity index (χ2v) is 22.8. The fraction of sp³-hybridized carbons (Fsp3) is 0.350. The van der Waals surface area contributed by atoms with Gasteiger partial charge in [0.25, 0.3) is 0 Å². The molecule has 4 aliphatic heterocycles. The number of nitrogen functional groups attached to an aromatic ring is 1. The number of benzene rings is 5. The minimum Gasteiger partial charge on any atom is -0.444 e. The molecule has 0 spiro atoms. The van der Waals surface area contributed by atoms with E-state index in [0.717, 1.165) is 98.5 Å². The molecule has 6 heterocycles. The number of ether oxygens (including phenoxy) is 3. The Kier molecular flexibility index (Phi) is 27.6. The summed E-state index contributed by atoms with van der Waals surface area (Å²) in [5, 5.41) is 16.7. The predicted molar refractivity (Wildman–Crippen MR) is 340 cm³/mol. The Morgan fingerprint density at radius 2 is 1.27 bits per heavy atom. The third kappa shape index (κ3) is 23.2. The Balaban J connectivity index is 0.000000175. The highest BCUT2D eigenvalue weighted by atomic mass is 79.9. The van der Waals surface area contributed by atoms with Gasteiger partial charge in [0.05, 0.1) is 45.8 Å². The Bertz CT molecular complexity index is 3130. The molecule has 0 unspecified atom stereocenters. The summed E-state index contributed by atoms with van der Waals surface area (Å²) in [4.78, 5) is 71.0. The van der Waals surface area contributed by atoms with Crippen LogP contribution < -0.4 is 36.4 Å². The van der Waals surface area contributed by atoms with E-state index in [1.165, 1.54) is 13.3 Å². The van der Waals surface area contributed by atoms with Crippen molar-refractivity contribution >= 4 is 118 Å². The number of nitrogens with two attached hydrogens (primary N) is 1. The number of alkyl halides is 1. The van der Waals surface area contributed by atoms with Crippen LogP contribution in [0.4, 0.5) is 42.8 Å². The molecule has 21 nitrogen and oxygen atoms in total. The van der Waals surface area contributed by atoms with E-state index in [1.807, 2.05) is 125 Å². The number of nitrogens with zero attached hydrogens (tertiary/aromatic N) is 9. The van der Waals surface area contributed by atoms with Crippen LogP contribution in [0.3, 0.4) is 0 Å². The van der Waals surface area contributed by atoms with E-state index in [1.54, 1.807) is 41.5 Å². The zero-order valence-electron chi connectivity index (χ0n) is 47.8. The van der Waals surface area contributed by atoms with Crippen molar-refractivity contribution < 1.29 is 38.2 Å². The first-order valence-corrected chi connectivity index (χ1v) is 30.4. The zero-order chi connectivity index (χ0) is 61.1. The Morgan fingerprint density at radius 3 is 1.82 bits per heavy atom. The number of Topliss-reactive ketones (excluding diaryl/α,β-unsaturated/α-hetero) is 1. The van der Waals surface area contributed by atoms with Crippen LogP contribution in [0.2, 0.25) is 0 Å². The standard InChI is InChI=1S/C18H21N5O3.C14H12BrNO2.C12H13BrN2O3.C6H6BrN.C5H11Cl.C5H8N4/c1-13(24)2-7-16-10-22(18(25)26-16)15-5-3-14(4-6-15)21-8-9-23-17(11-21)19-12-20-23;15-12-6-8-13(9-7-12)16-14(17)18-10-11-4-2-1-3-5-11;1-8(16)14-6-11-7-15(12(17)18-11)10-4-2-9(13)3-5-10;7-5-1-3-6(8)4-2-5;1-3-5(2)4-6;1-2-9-5(3-6-1)7-4-8-9/h3-6,12,16H,2,7-11H2,1H3;1-9H,10H2,(H,16,17);2-5,11H,6-7H2,1H3,(H,14,16);1-4H,8H2;5H,3-4H2,1-2H3;4,6H,1-3H2/t16-;;11-;;5-;/m0.0.0./s1. The quantitative estimate of drug-likeness (QED) is 0.0476. The number of halogens is 4. The molecule has 0 aliphatic carbocycles. The minimum atomic E-state index is -0.457. The van der Waals surface area contributed by atoms with Crippen LogP contribution in [0.25, 0.3) is 0 Å². The Hall–Kier alpha value is -7.38. The molecule has 2 fully saturated rings. The predicted octanol–water partition coefficient (Wildman–Crippen LogP) is 11.8. The molecule has 5 aromatic carbocycles. The average Bonchev–Trinajstić information content (AvgIpc) is 4.27. The molecule has 85 heavy (non-hydrogen) atoms. The summed E-state index contributed by atoms with van der Waals surface area (Å²) in [6.07, 6.45) is 3.68. The molecule has 0 bridgehead atoms. The molecule has 452 valence electrons. The molecule has 3 atom stereocenters. The van der Waals surface area contributed by atoms with Gasteiger partial charge in [0.1, 0.15) is 48.9 Å². The third-order valence-corrected chi connectivity index (χ3v) is 15.1. The van der Waals surface area contributed by atoms with Gasteiger partial charge < -0.3 is 40.3 Å². The summed E-state index contributed by atoms with van der Waals surface area (Å²) in [5.74, 6) is 3.48. The lowest BCUT2D eigenvalue weighted by atomic mass is 10.1. The van der Waals surface area contributed by atoms with Crippen molar-refractivity contribution in [3.63, 3.8) is 0 Å². The monoisotopic (exact) mass is 1370 g/mol. The summed E-state index contributed by atoms with van der Waals surface area (Å²) in [6.45, 7) is 14.0. The molecule has 11 rings (SSSR count). The summed E-state index contributed by atoms with van der Waals surface area (Å²) in [6, 6.07) is 39.7. The van der Waals surface area contributed by atoms with E-state index in [-0.39, 0.29) is 42.7 Å². The number of rotatable bonds is 13. The van der Waals surface area contributed by atoms with Crippen LogP contribution in [-0.4, -0.2) is 110 Å². The van der Waals surface area contributed by atoms with E-state index in [2.05, 4.69) is 103 Å². The van der Waals surface area contributed by atoms with Gasteiger partial charge in [-0.05, 0) is 122 Å². The number of amides is 4. The van der Waals surface area contributed by atoms with Crippen LogP contribution >= 0.6 is 59.4 Å². The van der Waals surface area contributed by atoms with Crippen molar-refractivity contribution in [3.05, 3.63) is 171 Å². The first-order chi connectivity index (χ1) is 41.0. The number of carbonyl (C=O) groups is 5. The van der Waals surface area contributed by atoms with Crippen molar-refractivity contribution in [2.45, 2.75) is 92.0 Å². The van der Waals surface area contributed by atoms with Crippen molar-refractivity contribution in [1.82, 2.24) is 40.2 Å². The van der Waals surface area contributed by atoms with E-state index < -0.39 is 6.09 Å². The lowest BCUT2D eigenvalue weighted by Gasteiger charge is -2.29. The van der Waals surface area contributed by atoms with Crippen LogP contribution in [-0.2, 0) is 56.6 Å². The molecule has 2 aromatic heterocycles. The van der Waals surface area contributed by atoms with E-state index in [0.29, 0.717) is 44.1 Å². The van der Waals surface area contributed by atoms with Crippen LogP contribution in [0.15, 0.2) is 153 Å². The topological polar surface area (TPSA) is 246 Å². The Labute approximate surface area is 525 Å². The first-order valence-electron chi connectivity index (χ1n) is 27.5. The molecule has 5 N–H and O–H groups in total. The minimum absolute atomic E-state index is 0.112. The van der Waals surface area contributed by atoms with Crippen molar-refractivity contribution in [3.8, 4) is 0 Å². The van der Waals surface area contributed by atoms with Gasteiger partial charge in [-0.2, -0.15) is 10.2 Å². The summed E-state index contributed by atoms with van der Waals surface area (Å²) in [5.41, 5.74) is 10.6. The normalized spacial score (nSPS) is 15.7. The summed E-state index contributed by atoms with van der Waals surface area (Å²) < 4.78 is 22.5. The van der Waals surface area contributed by atoms with Gasteiger partial charge in [-0.15, -0.1) is 11.6 Å². The zero-order valence-corrected chi connectivity index (χ0v) is 53.3. The molecule has 0 saturated carbocycles. The van der Waals surface area contributed by atoms with E-state index in [4.69, 9.17) is 31.5 Å². The number of aromatic nitrogens is 6. The number of carbonyl (C=O) groups excluding carboxylic acids is 5. The lowest BCUT2D eigenvalue weighted by molar-refractivity contribution is -0.119. The van der Waals surface area contributed by atoms with Crippen LogP contribution in [0, 0.1) is 5.92 Å². The summed E-state index contributed by atoms with van der Waals surface area (Å²) >= 11 is 15.4. The van der Waals surface area contributed by atoms with Gasteiger partial charge in [-0.3, -0.25) is 19.9 Å². The van der Waals surface area contributed by atoms with Crippen LogP contribution in [0.1, 0.15) is 64.2 Å². The van der Waals surface area contributed by atoms with Gasteiger partial charge in [0, 0.05) is 74.2 Å². The highest BCUT2D eigenvalue weighted by Gasteiger charge is 2.33. The molecule has 4 amide bonds. The maximum Gasteiger partial charge on any atom is 0.414 e. The van der Waals surface area contributed by atoms with Gasteiger partial charge in [0.2, 0.25) is 5.91 Å². The number of hydrogen-bond donors (Lipinski definition) is 4. The molecule has 7 aromatic rings. The third-order valence-electron chi connectivity index (χ3n) is 13.0.